The maximum absolute atomic E-state index is 11.1. The first-order chi connectivity index (χ1) is 8.56. The predicted molar refractivity (Wildman–Crippen MR) is 65.9 cm³/mol. The molecule has 1 aromatic heterocycles. The van der Waals surface area contributed by atoms with Gasteiger partial charge in [-0.2, -0.15) is 0 Å². The van der Waals surface area contributed by atoms with E-state index in [2.05, 4.69) is 9.97 Å². The molecular weight excluding hydrogens is 232 g/mol. The molecule has 2 aromatic rings. The first kappa shape index (κ1) is 11.8. The smallest absolute Gasteiger partial charge is 0.271 e. The van der Waals surface area contributed by atoms with Crippen LogP contribution in [0.2, 0.25) is 0 Å². The van der Waals surface area contributed by atoms with Crippen molar-refractivity contribution in [1.82, 2.24) is 9.97 Å². The number of carbonyl (C=O) groups excluding carboxylic acids is 1. The van der Waals surface area contributed by atoms with Gasteiger partial charge < -0.3 is 16.6 Å². The fourth-order valence-corrected chi connectivity index (χ4v) is 1.58. The Bertz CT molecular complexity index is 598. The Kier molecular flexibility index (Phi) is 3.09. The Morgan fingerprint density at radius 2 is 2.17 bits per heavy atom. The molecule has 6 nitrogen and oxygen atoms in total. The third kappa shape index (κ3) is 2.54. The van der Waals surface area contributed by atoms with E-state index in [1.54, 1.807) is 18.2 Å². The number of hydrogen-bond acceptors (Lipinski definition) is 5. The number of phenolic OH excluding ortho intramolecular Hbond substituents is 1. The number of benzene rings is 1. The van der Waals surface area contributed by atoms with Crippen LogP contribution in [-0.2, 0) is 6.42 Å². The van der Waals surface area contributed by atoms with E-state index in [4.69, 9.17) is 11.5 Å². The average molecular weight is 244 g/mol. The van der Waals surface area contributed by atoms with Gasteiger partial charge >= 0.3 is 0 Å². The summed E-state index contributed by atoms with van der Waals surface area (Å²) < 4.78 is 0. The highest BCUT2D eigenvalue weighted by Crippen LogP contribution is 2.15. The van der Waals surface area contributed by atoms with Crippen LogP contribution >= 0.6 is 0 Å². The van der Waals surface area contributed by atoms with Crippen molar-refractivity contribution in [3.63, 3.8) is 0 Å². The van der Waals surface area contributed by atoms with Gasteiger partial charge in [-0.1, -0.05) is 12.1 Å². The van der Waals surface area contributed by atoms with E-state index < -0.39 is 5.91 Å². The van der Waals surface area contributed by atoms with Gasteiger partial charge in [0.15, 0.2) is 11.5 Å². The molecule has 2 rings (SSSR count). The van der Waals surface area contributed by atoms with Crippen molar-refractivity contribution in [2.45, 2.75) is 6.42 Å². The first-order valence-corrected chi connectivity index (χ1v) is 5.25. The topological polar surface area (TPSA) is 115 Å². The second kappa shape index (κ2) is 4.70. The zero-order valence-electron chi connectivity index (χ0n) is 9.50. The molecule has 1 amide bonds. The van der Waals surface area contributed by atoms with Crippen LogP contribution in [0, 0.1) is 0 Å². The molecule has 1 aromatic carbocycles. The van der Waals surface area contributed by atoms with Crippen LogP contribution in [0.4, 0.5) is 5.82 Å². The number of anilines is 1. The Morgan fingerprint density at radius 3 is 2.83 bits per heavy atom. The summed E-state index contributed by atoms with van der Waals surface area (Å²) in [6.07, 6.45) is 1.91. The summed E-state index contributed by atoms with van der Waals surface area (Å²) in [6.45, 7) is 0. The zero-order chi connectivity index (χ0) is 13.1. The molecule has 0 saturated carbocycles. The summed E-state index contributed by atoms with van der Waals surface area (Å²) >= 11 is 0. The van der Waals surface area contributed by atoms with Crippen molar-refractivity contribution >= 4 is 11.7 Å². The van der Waals surface area contributed by atoms with Crippen LogP contribution in [0.1, 0.15) is 21.7 Å². The lowest BCUT2D eigenvalue weighted by atomic mass is 10.1. The number of amides is 1. The van der Waals surface area contributed by atoms with Gasteiger partial charge in [0.25, 0.3) is 5.91 Å². The summed E-state index contributed by atoms with van der Waals surface area (Å²) in [5.74, 6) is -0.522. The average Bonchev–Trinajstić information content (AvgIpc) is 2.31. The van der Waals surface area contributed by atoms with E-state index >= 15 is 0 Å². The SMILES string of the molecule is NC(=O)c1nc(Cc2cccc(O)c2)cnc1N. The number of phenols is 1. The van der Waals surface area contributed by atoms with Crippen molar-refractivity contribution in [3.05, 3.63) is 47.4 Å². The van der Waals surface area contributed by atoms with Gasteiger partial charge in [-0.15, -0.1) is 0 Å². The number of carbonyl (C=O) groups is 1. The van der Waals surface area contributed by atoms with Crippen molar-refractivity contribution < 1.29 is 9.90 Å². The highest BCUT2D eigenvalue weighted by molar-refractivity contribution is 5.94. The van der Waals surface area contributed by atoms with Crippen molar-refractivity contribution in [1.29, 1.82) is 0 Å². The Morgan fingerprint density at radius 1 is 1.39 bits per heavy atom. The first-order valence-electron chi connectivity index (χ1n) is 5.25. The number of primary amides is 1. The quantitative estimate of drug-likeness (QED) is 0.725. The molecule has 0 fully saturated rings. The van der Waals surface area contributed by atoms with Crippen LogP contribution in [0.3, 0.4) is 0 Å². The highest BCUT2D eigenvalue weighted by Gasteiger charge is 2.10. The van der Waals surface area contributed by atoms with E-state index in [0.717, 1.165) is 5.56 Å². The Hall–Kier alpha value is -2.63. The molecule has 6 heteroatoms. The van der Waals surface area contributed by atoms with Gasteiger partial charge in [-0.25, -0.2) is 9.97 Å². The third-order valence-corrected chi connectivity index (χ3v) is 2.38. The van der Waals surface area contributed by atoms with Crippen molar-refractivity contribution in [2.24, 2.45) is 5.73 Å². The Labute approximate surface area is 103 Å². The summed E-state index contributed by atoms with van der Waals surface area (Å²) in [5, 5.41) is 9.35. The second-order valence-corrected chi connectivity index (χ2v) is 3.81. The second-order valence-electron chi connectivity index (χ2n) is 3.81. The lowest BCUT2D eigenvalue weighted by molar-refractivity contribution is 0.0996. The predicted octanol–water partition coefficient (Wildman–Crippen LogP) is 0.454. The molecular formula is C12H12N4O2. The molecule has 5 N–H and O–H groups in total. The fraction of sp³-hybridized carbons (Fsp3) is 0.0833. The molecule has 0 aliphatic carbocycles. The molecule has 0 unspecified atom stereocenters. The highest BCUT2D eigenvalue weighted by atomic mass is 16.3. The Balaban J connectivity index is 2.30. The summed E-state index contributed by atoms with van der Waals surface area (Å²) in [5.41, 5.74) is 12.0. The normalized spacial score (nSPS) is 10.2. The number of nitrogens with two attached hydrogens (primary N) is 2. The standard InChI is InChI=1S/C12H12N4O2/c13-11-10(12(14)18)16-8(6-15-11)4-7-2-1-3-9(17)5-7/h1-3,5-6,17H,4H2,(H2,13,15)(H2,14,18). The lowest BCUT2D eigenvalue weighted by Gasteiger charge is -2.05. The van der Waals surface area contributed by atoms with Gasteiger partial charge in [-0.05, 0) is 17.7 Å². The molecule has 92 valence electrons. The number of nitrogen functional groups attached to an aromatic ring is 1. The molecule has 0 atom stereocenters. The van der Waals surface area contributed by atoms with E-state index in [-0.39, 0.29) is 17.3 Å². The minimum absolute atomic E-state index is 0.0159. The fourth-order valence-electron chi connectivity index (χ4n) is 1.58. The molecule has 18 heavy (non-hydrogen) atoms. The third-order valence-electron chi connectivity index (χ3n) is 2.38. The van der Waals surface area contributed by atoms with Gasteiger partial charge in [0.2, 0.25) is 0 Å². The molecule has 0 aliphatic rings. The van der Waals surface area contributed by atoms with E-state index in [1.807, 2.05) is 6.07 Å². The molecule has 0 aliphatic heterocycles. The minimum atomic E-state index is -0.710. The monoisotopic (exact) mass is 244 g/mol. The zero-order valence-corrected chi connectivity index (χ0v) is 9.50. The number of nitrogens with zero attached hydrogens (tertiary/aromatic N) is 2. The number of aromatic hydroxyl groups is 1. The molecule has 0 saturated heterocycles. The molecule has 0 radical (unpaired) electrons. The maximum Gasteiger partial charge on any atom is 0.271 e. The number of rotatable bonds is 3. The minimum Gasteiger partial charge on any atom is -0.508 e. The molecule has 0 bridgehead atoms. The van der Waals surface area contributed by atoms with Crippen LogP contribution in [0.25, 0.3) is 0 Å². The summed E-state index contributed by atoms with van der Waals surface area (Å²) in [6, 6.07) is 6.75. The van der Waals surface area contributed by atoms with Gasteiger partial charge in [0.05, 0.1) is 11.9 Å². The number of aromatic nitrogens is 2. The molecule has 0 spiro atoms. The number of hydrogen-bond donors (Lipinski definition) is 3. The largest absolute Gasteiger partial charge is 0.508 e. The van der Waals surface area contributed by atoms with Crippen LogP contribution in [0.5, 0.6) is 5.75 Å². The van der Waals surface area contributed by atoms with Gasteiger partial charge in [0.1, 0.15) is 5.75 Å². The van der Waals surface area contributed by atoms with Crippen LogP contribution in [0.15, 0.2) is 30.5 Å². The van der Waals surface area contributed by atoms with E-state index in [1.165, 1.54) is 6.20 Å². The van der Waals surface area contributed by atoms with Crippen molar-refractivity contribution in [2.75, 3.05) is 5.73 Å². The lowest BCUT2D eigenvalue weighted by Crippen LogP contribution is -2.17. The van der Waals surface area contributed by atoms with Gasteiger partial charge in [-0.3, -0.25) is 4.79 Å². The summed E-state index contributed by atoms with van der Waals surface area (Å²) in [4.78, 5) is 19.0. The molecule has 1 heterocycles. The maximum atomic E-state index is 11.1. The van der Waals surface area contributed by atoms with E-state index in [9.17, 15) is 9.90 Å². The van der Waals surface area contributed by atoms with Crippen LogP contribution < -0.4 is 11.5 Å². The van der Waals surface area contributed by atoms with E-state index in [0.29, 0.717) is 12.1 Å². The van der Waals surface area contributed by atoms with Gasteiger partial charge in [0, 0.05) is 6.42 Å². The summed E-state index contributed by atoms with van der Waals surface area (Å²) in [7, 11) is 0. The van der Waals surface area contributed by atoms with Crippen molar-refractivity contribution in [3.8, 4) is 5.75 Å². The van der Waals surface area contributed by atoms with Crippen LogP contribution in [-0.4, -0.2) is 21.0 Å².